The fraction of sp³-hybridized carbons (Fsp3) is 0.583. The van der Waals surface area contributed by atoms with Crippen molar-refractivity contribution < 1.29 is 19.2 Å². The van der Waals surface area contributed by atoms with E-state index in [9.17, 15) is 4.79 Å². The van der Waals surface area contributed by atoms with Crippen molar-refractivity contribution in [1.82, 2.24) is 9.97 Å². The third kappa shape index (κ3) is 2.77. The predicted octanol–water partition coefficient (Wildman–Crippen LogP) is 0.403. The third-order valence-electron chi connectivity index (χ3n) is 3.56. The zero-order valence-electron chi connectivity index (χ0n) is 11.5. The lowest BCUT2D eigenvalue weighted by Gasteiger charge is -2.32. The van der Waals surface area contributed by atoms with E-state index >= 15 is 0 Å². The predicted molar refractivity (Wildman–Crippen MR) is 69.1 cm³/mol. The minimum absolute atomic E-state index is 0.191. The van der Waals surface area contributed by atoms with Gasteiger partial charge in [-0.2, -0.15) is 0 Å². The molecular formula is C12H17BN2O4. The van der Waals surface area contributed by atoms with Crippen LogP contribution in [0, 0.1) is 0 Å². The Morgan fingerprint density at radius 1 is 1.21 bits per heavy atom. The molecule has 1 aromatic heterocycles. The first kappa shape index (κ1) is 14.0. The monoisotopic (exact) mass is 264 g/mol. The third-order valence-corrected chi connectivity index (χ3v) is 3.56. The average Bonchev–Trinajstić information content (AvgIpc) is 2.48. The molecule has 1 saturated heterocycles. The van der Waals surface area contributed by atoms with Crippen LogP contribution in [0.4, 0.5) is 0 Å². The standard InChI is InChI=1S/C12H17BN2O4/c1-11(2)12(3,4)19-13(18-11)8-6-14-9(15-7-8)5-10(16)17/h6-7H,5H2,1-4H3,(H,16,17). The Morgan fingerprint density at radius 2 is 1.68 bits per heavy atom. The maximum atomic E-state index is 10.6. The van der Waals surface area contributed by atoms with Gasteiger partial charge in [-0.3, -0.25) is 4.79 Å². The van der Waals surface area contributed by atoms with E-state index in [1.165, 1.54) is 0 Å². The van der Waals surface area contributed by atoms with Gasteiger partial charge in [-0.1, -0.05) is 0 Å². The van der Waals surface area contributed by atoms with E-state index < -0.39 is 24.3 Å². The van der Waals surface area contributed by atoms with Gasteiger partial charge >= 0.3 is 13.1 Å². The number of hydrogen-bond donors (Lipinski definition) is 1. The van der Waals surface area contributed by atoms with Crippen LogP contribution in [0.25, 0.3) is 0 Å². The van der Waals surface area contributed by atoms with Crippen LogP contribution in [0.1, 0.15) is 33.5 Å². The Hall–Kier alpha value is -1.47. The minimum Gasteiger partial charge on any atom is -0.481 e. The summed E-state index contributed by atoms with van der Waals surface area (Å²) in [5.74, 6) is -0.684. The molecule has 0 aromatic carbocycles. The van der Waals surface area contributed by atoms with E-state index in [0.29, 0.717) is 5.46 Å². The van der Waals surface area contributed by atoms with Crippen molar-refractivity contribution in [2.45, 2.75) is 45.3 Å². The summed E-state index contributed by atoms with van der Waals surface area (Å²) in [4.78, 5) is 18.6. The Bertz CT molecular complexity index is 471. The molecule has 1 N–H and O–H groups in total. The number of rotatable bonds is 3. The number of aromatic nitrogens is 2. The lowest BCUT2D eigenvalue weighted by molar-refractivity contribution is -0.136. The summed E-state index contributed by atoms with van der Waals surface area (Å²) in [6.45, 7) is 7.86. The molecule has 1 fully saturated rings. The SMILES string of the molecule is CC1(C)OB(c2cnc(CC(=O)O)nc2)OC1(C)C. The molecule has 2 heterocycles. The van der Waals surface area contributed by atoms with E-state index in [1.807, 2.05) is 27.7 Å². The Kier molecular flexibility index (Phi) is 3.36. The van der Waals surface area contributed by atoms with Gasteiger partial charge in [-0.25, -0.2) is 9.97 Å². The molecule has 19 heavy (non-hydrogen) atoms. The second-order valence-electron chi connectivity index (χ2n) is 5.59. The molecule has 0 aliphatic carbocycles. The van der Waals surface area contributed by atoms with E-state index in [0.717, 1.165) is 0 Å². The van der Waals surface area contributed by atoms with Crippen molar-refractivity contribution in [2.24, 2.45) is 0 Å². The molecule has 1 aromatic rings. The summed E-state index contributed by atoms with van der Waals surface area (Å²) in [5.41, 5.74) is -0.151. The summed E-state index contributed by atoms with van der Waals surface area (Å²) in [5, 5.41) is 8.66. The van der Waals surface area contributed by atoms with Gasteiger partial charge in [-0.05, 0) is 27.7 Å². The van der Waals surface area contributed by atoms with Crippen molar-refractivity contribution in [2.75, 3.05) is 0 Å². The van der Waals surface area contributed by atoms with Gasteiger partial charge in [0.15, 0.2) is 0 Å². The maximum Gasteiger partial charge on any atom is 0.498 e. The Morgan fingerprint density at radius 3 is 2.11 bits per heavy atom. The highest BCUT2D eigenvalue weighted by molar-refractivity contribution is 6.61. The molecule has 0 amide bonds. The Balaban J connectivity index is 2.14. The van der Waals surface area contributed by atoms with Gasteiger partial charge in [0.1, 0.15) is 12.2 Å². The second-order valence-corrected chi connectivity index (χ2v) is 5.59. The van der Waals surface area contributed by atoms with Crippen LogP contribution in [0.3, 0.4) is 0 Å². The van der Waals surface area contributed by atoms with E-state index in [4.69, 9.17) is 14.4 Å². The Labute approximate surface area is 112 Å². The summed E-state index contributed by atoms with van der Waals surface area (Å²) in [6, 6.07) is 0. The molecule has 0 atom stereocenters. The van der Waals surface area contributed by atoms with Crippen molar-refractivity contribution in [3.8, 4) is 0 Å². The first-order valence-corrected chi connectivity index (χ1v) is 6.09. The average molecular weight is 264 g/mol. The minimum atomic E-state index is -0.955. The number of carboxylic acids is 1. The molecule has 2 rings (SSSR count). The van der Waals surface area contributed by atoms with Crippen LogP contribution in [0.5, 0.6) is 0 Å². The quantitative estimate of drug-likeness (QED) is 0.796. The van der Waals surface area contributed by atoms with Crippen molar-refractivity contribution in [1.29, 1.82) is 0 Å². The molecule has 1 aliphatic rings. The van der Waals surface area contributed by atoms with Gasteiger partial charge in [0.05, 0.1) is 11.2 Å². The lowest BCUT2D eigenvalue weighted by atomic mass is 9.81. The summed E-state index contributed by atoms with van der Waals surface area (Å²) in [6.07, 6.45) is 2.91. The molecule has 6 nitrogen and oxygen atoms in total. The van der Waals surface area contributed by atoms with Crippen LogP contribution in [0.15, 0.2) is 12.4 Å². The fourth-order valence-corrected chi connectivity index (χ4v) is 1.69. The van der Waals surface area contributed by atoms with Crippen molar-refractivity contribution in [3.63, 3.8) is 0 Å². The molecule has 0 bridgehead atoms. The zero-order chi connectivity index (χ0) is 14.3. The number of hydrogen-bond acceptors (Lipinski definition) is 5. The highest BCUT2D eigenvalue weighted by Gasteiger charge is 2.51. The smallest absolute Gasteiger partial charge is 0.481 e. The van der Waals surface area contributed by atoms with Gasteiger partial charge < -0.3 is 14.4 Å². The number of nitrogens with zero attached hydrogens (tertiary/aromatic N) is 2. The molecule has 102 valence electrons. The normalized spacial score (nSPS) is 20.5. The van der Waals surface area contributed by atoms with Crippen LogP contribution < -0.4 is 5.46 Å². The summed E-state index contributed by atoms with van der Waals surface area (Å²) < 4.78 is 11.7. The van der Waals surface area contributed by atoms with E-state index in [-0.39, 0.29) is 12.2 Å². The zero-order valence-corrected chi connectivity index (χ0v) is 11.5. The van der Waals surface area contributed by atoms with Crippen molar-refractivity contribution in [3.05, 3.63) is 18.2 Å². The maximum absolute atomic E-state index is 10.6. The molecule has 0 radical (unpaired) electrons. The number of aliphatic carboxylic acids is 1. The highest BCUT2D eigenvalue weighted by Crippen LogP contribution is 2.36. The first-order chi connectivity index (χ1) is 8.71. The molecule has 0 spiro atoms. The molecule has 0 saturated carbocycles. The van der Waals surface area contributed by atoms with Gasteiger partial charge in [0.25, 0.3) is 0 Å². The van der Waals surface area contributed by atoms with Crippen LogP contribution in [0.2, 0.25) is 0 Å². The molecule has 1 aliphatic heterocycles. The molecular weight excluding hydrogens is 247 g/mol. The van der Waals surface area contributed by atoms with Gasteiger partial charge in [0.2, 0.25) is 0 Å². The fourth-order valence-electron chi connectivity index (χ4n) is 1.69. The number of carbonyl (C=O) groups is 1. The largest absolute Gasteiger partial charge is 0.498 e. The van der Waals surface area contributed by atoms with E-state index in [2.05, 4.69) is 9.97 Å². The summed E-state index contributed by atoms with van der Waals surface area (Å²) >= 11 is 0. The topological polar surface area (TPSA) is 81.5 Å². The van der Waals surface area contributed by atoms with Crippen LogP contribution >= 0.6 is 0 Å². The van der Waals surface area contributed by atoms with Gasteiger partial charge in [0, 0.05) is 17.9 Å². The second kappa shape index (κ2) is 4.57. The molecule has 0 unspecified atom stereocenters. The van der Waals surface area contributed by atoms with Crippen LogP contribution in [-0.2, 0) is 20.5 Å². The highest BCUT2D eigenvalue weighted by atomic mass is 16.7. The summed E-state index contributed by atoms with van der Waals surface area (Å²) in [7, 11) is -0.524. The van der Waals surface area contributed by atoms with Crippen molar-refractivity contribution >= 4 is 18.6 Å². The van der Waals surface area contributed by atoms with Gasteiger partial charge in [-0.15, -0.1) is 0 Å². The first-order valence-electron chi connectivity index (χ1n) is 6.09. The van der Waals surface area contributed by atoms with Crippen LogP contribution in [-0.4, -0.2) is 39.4 Å². The number of carboxylic acid groups (broad SMARTS) is 1. The lowest BCUT2D eigenvalue weighted by Crippen LogP contribution is -2.41. The van der Waals surface area contributed by atoms with E-state index in [1.54, 1.807) is 12.4 Å². The molecule has 7 heteroatoms.